The third-order valence-corrected chi connectivity index (χ3v) is 8.75. The fraction of sp³-hybridized carbons (Fsp3) is 0.548. The number of nitrogens with two attached hydrogens (primary N) is 1. The highest BCUT2D eigenvalue weighted by Gasteiger charge is 2.48. The third-order valence-electron chi connectivity index (χ3n) is 8.00. The van der Waals surface area contributed by atoms with Crippen molar-refractivity contribution in [3.05, 3.63) is 41.5 Å². The van der Waals surface area contributed by atoms with Crippen LogP contribution in [0.15, 0.2) is 30.4 Å². The van der Waals surface area contributed by atoms with Crippen molar-refractivity contribution in [2.75, 3.05) is 18.8 Å². The van der Waals surface area contributed by atoms with Crippen molar-refractivity contribution in [2.24, 2.45) is 5.73 Å². The standard InChI is InChI=1S/C31H42N4O16S/c32-31(45)49-15-18-8-9-19(50-30-26(41)24(39)25(40)27(51-30)29(43)44)14-17(18)6-3-4-12-33-28(42)20(16-52(46,47)48)34-21(36)7-2-1-5-13-35-22(37)10-11-23(35)38/h8-11,14,20,24-27,30,39-41H,1-7,12-13,15-16H2,(H2,32,45)(H,33,42)(H,34,36)(H,43,44)(H,46,47,48)/t20-,24-,25-,26+,27-,30+/m0/s1. The second-order valence-electron chi connectivity index (χ2n) is 12.0. The Hall–Kier alpha value is -4.67. The number of aryl methyl sites for hydroxylation is 1. The highest BCUT2D eigenvalue weighted by atomic mass is 32.2. The quantitative estimate of drug-likeness (QED) is 0.0399. The average Bonchev–Trinajstić information content (AvgIpc) is 3.38. The minimum Gasteiger partial charge on any atom is -0.479 e. The van der Waals surface area contributed by atoms with Gasteiger partial charge in [0.1, 0.15) is 42.5 Å². The van der Waals surface area contributed by atoms with Crippen LogP contribution in [0.1, 0.15) is 49.7 Å². The highest BCUT2D eigenvalue weighted by molar-refractivity contribution is 7.85. The number of carboxylic acids is 1. The maximum atomic E-state index is 12.8. The van der Waals surface area contributed by atoms with Gasteiger partial charge in [0.2, 0.25) is 18.1 Å². The molecule has 9 N–H and O–H groups in total. The molecule has 1 aromatic carbocycles. The first-order valence-corrected chi connectivity index (χ1v) is 17.8. The number of imide groups is 1. The minimum atomic E-state index is -4.67. The van der Waals surface area contributed by atoms with E-state index >= 15 is 0 Å². The average molecular weight is 759 g/mol. The van der Waals surface area contributed by atoms with Gasteiger partial charge in [-0.3, -0.25) is 28.6 Å². The Morgan fingerprint density at radius 2 is 1.63 bits per heavy atom. The summed E-state index contributed by atoms with van der Waals surface area (Å²) < 4.78 is 48.1. The molecule has 2 aliphatic heterocycles. The number of amides is 5. The number of nitrogens with zero attached hydrogens (tertiary/aromatic N) is 1. The van der Waals surface area contributed by atoms with Gasteiger partial charge in [-0.25, -0.2) is 9.59 Å². The van der Waals surface area contributed by atoms with E-state index in [1.807, 2.05) is 0 Å². The van der Waals surface area contributed by atoms with E-state index < -0.39 is 88.3 Å². The molecule has 6 atom stereocenters. The number of carbonyl (C=O) groups excluding carboxylic acids is 5. The summed E-state index contributed by atoms with van der Waals surface area (Å²) in [6, 6.07) is 2.77. The summed E-state index contributed by atoms with van der Waals surface area (Å²) in [5, 5.41) is 44.4. The van der Waals surface area contributed by atoms with E-state index in [0.29, 0.717) is 43.2 Å². The molecule has 288 valence electrons. The molecule has 1 saturated heterocycles. The Morgan fingerprint density at radius 3 is 2.27 bits per heavy atom. The summed E-state index contributed by atoms with van der Waals surface area (Å²) >= 11 is 0. The number of rotatable bonds is 20. The van der Waals surface area contributed by atoms with E-state index in [1.54, 1.807) is 0 Å². The molecule has 0 radical (unpaired) electrons. The SMILES string of the molecule is NC(=O)OCc1ccc(O[C@@H]2O[C@H](C(=O)O)[C@@H](O)[C@H](O)[C@H]2O)cc1CCCCNC(=O)[C@H](CS(=O)(=O)O)NC(=O)CCCCCN1C(=O)C=CC1=O. The summed E-state index contributed by atoms with van der Waals surface area (Å²) in [4.78, 5) is 72.1. The van der Waals surface area contributed by atoms with Gasteiger partial charge in [-0.15, -0.1) is 0 Å². The molecular weight excluding hydrogens is 716 g/mol. The summed E-state index contributed by atoms with van der Waals surface area (Å²) in [5.74, 6) is -4.97. The molecule has 1 fully saturated rings. The number of carbonyl (C=O) groups is 6. The molecule has 0 unspecified atom stereocenters. The molecule has 0 aliphatic carbocycles. The van der Waals surface area contributed by atoms with Crippen molar-refractivity contribution < 1.29 is 76.4 Å². The van der Waals surface area contributed by atoms with Crippen LogP contribution in [0, 0.1) is 0 Å². The normalized spacial score (nSPS) is 22.2. The molecule has 21 heteroatoms. The Labute approximate surface area is 297 Å². The van der Waals surface area contributed by atoms with E-state index in [4.69, 9.17) is 19.9 Å². The molecule has 2 aliphatic rings. The van der Waals surface area contributed by atoms with Crippen molar-refractivity contribution in [3.8, 4) is 5.75 Å². The maximum absolute atomic E-state index is 12.8. The lowest BCUT2D eigenvalue weighted by atomic mass is 9.99. The van der Waals surface area contributed by atoms with Gasteiger partial charge in [0.25, 0.3) is 21.9 Å². The fourth-order valence-electron chi connectivity index (χ4n) is 5.30. The van der Waals surface area contributed by atoms with Crippen LogP contribution in [0.2, 0.25) is 0 Å². The van der Waals surface area contributed by atoms with Crippen molar-refractivity contribution >= 4 is 45.8 Å². The molecule has 2 heterocycles. The number of unbranched alkanes of at least 4 members (excludes halogenated alkanes) is 3. The zero-order valence-electron chi connectivity index (χ0n) is 27.8. The number of benzene rings is 1. The number of carboxylic acid groups (broad SMARTS) is 1. The molecule has 3 rings (SSSR count). The second-order valence-corrected chi connectivity index (χ2v) is 13.5. The van der Waals surface area contributed by atoms with Crippen LogP contribution in [-0.2, 0) is 56.6 Å². The van der Waals surface area contributed by atoms with Gasteiger partial charge in [0.05, 0.1) is 0 Å². The molecule has 0 aromatic heterocycles. The van der Waals surface area contributed by atoms with Gasteiger partial charge in [0.15, 0.2) is 6.10 Å². The number of aliphatic carboxylic acids is 1. The van der Waals surface area contributed by atoms with Crippen LogP contribution in [-0.4, -0.2) is 130 Å². The molecule has 20 nitrogen and oxygen atoms in total. The number of hydrogen-bond donors (Lipinski definition) is 8. The number of primary amides is 1. The van der Waals surface area contributed by atoms with E-state index in [-0.39, 0.29) is 38.3 Å². The van der Waals surface area contributed by atoms with Crippen LogP contribution >= 0.6 is 0 Å². The predicted octanol–water partition coefficient (Wildman–Crippen LogP) is -2.15. The number of hydrogen-bond acceptors (Lipinski definition) is 14. The van der Waals surface area contributed by atoms with Crippen molar-refractivity contribution in [1.29, 1.82) is 0 Å². The van der Waals surface area contributed by atoms with Crippen LogP contribution in [0.3, 0.4) is 0 Å². The molecular formula is C31H42N4O16S. The summed E-state index contributed by atoms with van der Waals surface area (Å²) in [7, 11) is -4.67. The Bertz CT molecular complexity index is 1600. The van der Waals surface area contributed by atoms with Gasteiger partial charge >= 0.3 is 12.1 Å². The van der Waals surface area contributed by atoms with Crippen molar-refractivity contribution in [1.82, 2.24) is 15.5 Å². The topological polar surface area (TPSA) is 319 Å². The largest absolute Gasteiger partial charge is 0.479 e. The third kappa shape index (κ3) is 12.8. The number of aliphatic hydroxyl groups excluding tert-OH is 3. The molecule has 52 heavy (non-hydrogen) atoms. The van der Waals surface area contributed by atoms with E-state index in [0.717, 1.165) is 17.1 Å². The predicted molar refractivity (Wildman–Crippen MR) is 174 cm³/mol. The van der Waals surface area contributed by atoms with E-state index in [2.05, 4.69) is 10.6 Å². The second kappa shape index (κ2) is 19.2. The van der Waals surface area contributed by atoms with Crippen LogP contribution in [0.4, 0.5) is 4.79 Å². The lowest BCUT2D eigenvalue weighted by molar-refractivity contribution is -0.271. The summed E-state index contributed by atoms with van der Waals surface area (Å²) in [5.41, 5.74) is 6.11. The van der Waals surface area contributed by atoms with Gasteiger partial charge in [0, 0.05) is 31.7 Å². The molecule has 0 bridgehead atoms. The van der Waals surface area contributed by atoms with E-state index in [1.165, 1.54) is 18.2 Å². The number of aliphatic hydroxyl groups is 3. The van der Waals surface area contributed by atoms with Crippen molar-refractivity contribution in [3.63, 3.8) is 0 Å². The first-order chi connectivity index (χ1) is 24.5. The van der Waals surface area contributed by atoms with Crippen LogP contribution in [0.25, 0.3) is 0 Å². The zero-order chi connectivity index (χ0) is 38.6. The Balaban J connectivity index is 1.52. The van der Waals surface area contributed by atoms with Gasteiger partial charge < -0.3 is 51.0 Å². The molecule has 0 spiro atoms. The van der Waals surface area contributed by atoms with Crippen LogP contribution in [0.5, 0.6) is 5.75 Å². The molecule has 0 saturated carbocycles. The van der Waals surface area contributed by atoms with Gasteiger partial charge in [-0.1, -0.05) is 12.5 Å². The monoisotopic (exact) mass is 758 g/mol. The first-order valence-electron chi connectivity index (χ1n) is 16.2. The Morgan fingerprint density at radius 1 is 0.942 bits per heavy atom. The Kier molecular flexibility index (Phi) is 15.5. The van der Waals surface area contributed by atoms with Gasteiger partial charge in [-0.2, -0.15) is 8.42 Å². The number of ether oxygens (including phenoxy) is 3. The molecule has 1 aromatic rings. The maximum Gasteiger partial charge on any atom is 0.404 e. The van der Waals surface area contributed by atoms with Crippen molar-refractivity contribution in [2.45, 2.75) is 88.3 Å². The lowest BCUT2D eigenvalue weighted by Crippen LogP contribution is -2.61. The van der Waals surface area contributed by atoms with E-state index in [9.17, 15) is 62.2 Å². The highest BCUT2D eigenvalue weighted by Crippen LogP contribution is 2.27. The number of nitrogens with one attached hydrogen (secondary N) is 2. The fourth-order valence-corrected chi connectivity index (χ4v) is 5.96. The lowest BCUT2D eigenvalue weighted by Gasteiger charge is -2.38. The first kappa shape index (κ1) is 41.7. The summed E-state index contributed by atoms with van der Waals surface area (Å²) in [6.07, 6.45) is -5.82. The minimum absolute atomic E-state index is 0.0156. The van der Waals surface area contributed by atoms with Crippen LogP contribution < -0.4 is 21.1 Å². The molecule has 5 amide bonds. The zero-order valence-corrected chi connectivity index (χ0v) is 28.6. The smallest absolute Gasteiger partial charge is 0.404 e. The van der Waals surface area contributed by atoms with Gasteiger partial charge in [-0.05, 0) is 55.4 Å². The summed E-state index contributed by atoms with van der Waals surface area (Å²) in [6.45, 7) is -0.0444.